The van der Waals surface area contributed by atoms with Gasteiger partial charge in [0.1, 0.15) is 13.2 Å². The lowest BCUT2D eigenvalue weighted by Crippen LogP contribution is -2.26. The molecule has 0 unspecified atom stereocenters. The lowest BCUT2D eigenvalue weighted by Gasteiger charge is -2.17. The van der Waals surface area contributed by atoms with Crippen molar-refractivity contribution in [2.24, 2.45) is 11.8 Å². The summed E-state index contributed by atoms with van der Waals surface area (Å²) in [6.07, 6.45) is 5.22. The zero-order valence-corrected chi connectivity index (χ0v) is 38.3. The highest BCUT2D eigenvalue weighted by Gasteiger charge is 2.28. The van der Waals surface area contributed by atoms with Gasteiger partial charge in [-0.15, -0.1) is 0 Å². The van der Waals surface area contributed by atoms with Crippen LogP contribution < -0.4 is 18.9 Å². The van der Waals surface area contributed by atoms with Gasteiger partial charge in [0.05, 0.1) is 45.3 Å². The van der Waals surface area contributed by atoms with Crippen molar-refractivity contribution in [2.45, 2.75) is 45.3 Å². The van der Waals surface area contributed by atoms with Gasteiger partial charge < -0.3 is 28.4 Å². The molecule has 0 heterocycles. The summed E-state index contributed by atoms with van der Waals surface area (Å²) in [7, 11) is 2.82. The van der Waals surface area contributed by atoms with E-state index in [4.69, 9.17) is 28.4 Å². The van der Waals surface area contributed by atoms with E-state index < -0.39 is 53.7 Å². The fourth-order valence-corrected chi connectivity index (χ4v) is 7.07. The largest absolute Gasteiger partial charge is 0.493 e. The first-order valence-corrected chi connectivity index (χ1v) is 22.2. The van der Waals surface area contributed by atoms with E-state index in [9.17, 15) is 28.8 Å². The predicted octanol–water partition coefficient (Wildman–Crippen LogP) is 9.75. The van der Waals surface area contributed by atoms with Gasteiger partial charge in [0.2, 0.25) is 0 Å². The van der Waals surface area contributed by atoms with Crippen LogP contribution in [-0.4, -0.2) is 49.7 Å². The van der Waals surface area contributed by atoms with Crippen molar-refractivity contribution in [2.75, 3.05) is 14.2 Å². The van der Waals surface area contributed by atoms with Crippen molar-refractivity contribution in [1.29, 1.82) is 0 Å². The third kappa shape index (κ3) is 16.5. The first-order chi connectivity index (χ1) is 33.5. The van der Waals surface area contributed by atoms with Gasteiger partial charge in [-0.2, -0.15) is 0 Å². The number of ketones is 2. The number of methoxy groups -OCH3 is 2. The van der Waals surface area contributed by atoms with E-state index in [0.29, 0.717) is 11.1 Å². The van der Waals surface area contributed by atoms with Crippen molar-refractivity contribution < 1.29 is 57.2 Å². The lowest BCUT2D eigenvalue weighted by molar-refractivity contribution is -0.151. The smallest absolute Gasteiger partial charge is 0.315 e. The van der Waals surface area contributed by atoms with Crippen molar-refractivity contribution in [3.63, 3.8) is 0 Å². The fraction of sp³-hybridized carbons (Fsp3) is 0.193. The Morgan fingerprint density at radius 2 is 0.783 bits per heavy atom. The van der Waals surface area contributed by atoms with Crippen LogP contribution in [0.3, 0.4) is 0 Å². The molecule has 69 heavy (non-hydrogen) atoms. The van der Waals surface area contributed by atoms with Crippen molar-refractivity contribution in [3.05, 3.63) is 203 Å². The first kappa shape index (κ1) is 50.0. The maximum atomic E-state index is 13.6. The molecule has 2 atom stereocenters. The predicted molar refractivity (Wildman–Crippen MR) is 259 cm³/mol. The van der Waals surface area contributed by atoms with Crippen LogP contribution in [0.2, 0.25) is 0 Å². The average molecular weight is 929 g/mol. The van der Waals surface area contributed by atoms with Crippen LogP contribution in [0, 0.1) is 11.8 Å². The Morgan fingerprint density at radius 1 is 0.435 bits per heavy atom. The van der Waals surface area contributed by atoms with E-state index in [1.165, 1.54) is 50.7 Å². The molecular weight excluding hydrogens is 877 g/mol. The van der Waals surface area contributed by atoms with E-state index in [2.05, 4.69) is 0 Å². The molecule has 0 aromatic heterocycles. The molecule has 0 bridgehead atoms. The second-order valence-electron chi connectivity index (χ2n) is 15.9. The molecule has 0 fully saturated rings. The number of hydrogen-bond acceptors (Lipinski definition) is 12. The summed E-state index contributed by atoms with van der Waals surface area (Å²) in [6, 6.07) is 46.5. The summed E-state index contributed by atoms with van der Waals surface area (Å²) >= 11 is 0. The van der Waals surface area contributed by atoms with E-state index >= 15 is 0 Å². The molecule has 0 saturated heterocycles. The third-order valence-electron chi connectivity index (χ3n) is 10.7. The van der Waals surface area contributed by atoms with Crippen LogP contribution in [0.25, 0.3) is 12.2 Å². The molecule has 0 radical (unpaired) electrons. The Bertz CT molecular complexity index is 2540. The molecular formula is C57H52O12. The Kier molecular flexibility index (Phi) is 18.9. The van der Waals surface area contributed by atoms with Gasteiger partial charge in [-0.3, -0.25) is 28.8 Å². The van der Waals surface area contributed by atoms with E-state index in [-0.39, 0.29) is 61.9 Å². The number of esters is 4. The van der Waals surface area contributed by atoms with Gasteiger partial charge in [0.15, 0.2) is 34.6 Å². The van der Waals surface area contributed by atoms with Crippen LogP contribution in [0.5, 0.6) is 23.0 Å². The molecule has 6 rings (SSSR count). The minimum absolute atomic E-state index is 0.0758. The number of rotatable bonds is 24. The van der Waals surface area contributed by atoms with Gasteiger partial charge in [-0.1, -0.05) is 146 Å². The average Bonchev–Trinajstić information content (AvgIpc) is 3.37. The molecule has 0 aliphatic rings. The molecule has 0 N–H and O–H groups in total. The number of benzene rings is 6. The van der Waals surface area contributed by atoms with E-state index in [1.54, 1.807) is 24.3 Å². The first-order valence-electron chi connectivity index (χ1n) is 22.2. The van der Waals surface area contributed by atoms with Crippen LogP contribution in [0.1, 0.15) is 52.6 Å². The van der Waals surface area contributed by atoms with Crippen molar-refractivity contribution in [3.8, 4) is 23.0 Å². The fourth-order valence-electron chi connectivity index (χ4n) is 7.07. The van der Waals surface area contributed by atoms with Gasteiger partial charge in [0, 0.05) is 0 Å². The highest BCUT2D eigenvalue weighted by molar-refractivity contribution is 6.11. The highest BCUT2D eigenvalue weighted by atomic mass is 16.6. The molecule has 0 spiro atoms. The van der Waals surface area contributed by atoms with Crippen LogP contribution in [0.4, 0.5) is 0 Å². The topological polar surface area (TPSA) is 158 Å². The van der Waals surface area contributed by atoms with Gasteiger partial charge in [0.25, 0.3) is 0 Å². The molecule has 0 saturated carbocycles. The van der Waals surface area contributed by atoms with Crippen LogP contribution in [-0.2, 0) is 64.3 Å². The number of ether oxygens (including phenoxy) is 6. The zero-order valence-electron chi connectivity index (χ0n) is 38.3. The molecule has 12 heteroatoms. The third-order valence-corrected chi connectivity index (χ3v) is 10.7. The molecule has 12 nitrogen and oxygen atoms in total. The standard InChI is InChI=1S/C57H52O12/c1-64-52-33-42(25-29-50(52)68-56(62)46(31-40-15-7-3-8-16-40)35-54(60)66-38-44-19-11-5-12-20-44)23-27-48(58)37-49(59)28-24-43-26-30-51(53(34-43)65-2)69-57(63)47(32-41-17-9-4-10-18-41)36-55(61)67-39-45-21-13-6-14-22-45/h3-30,33-34,46-47H,31-32,35-39H2,1-2H3/b27-23+,28-24+/t46-,47-/m1/s1. The van der Waals surface area contributed by atoms with Gasteiger partial charge in [-0.25, -0.2) is 0 Å². The van der Waals surface area contributed by atoms with Crippen LogP contribution in [0.15, 0.2) is 170 Å². The maximum absolute atomic E-state index is 13.6. The molecule has 6 aromatic carbocycles. The number of carbonyl (C=O) groups excluding carboxylic acids is 6. The summed E-state index contributed by atoms with van der Waals surface area (Å²) in [6.45, 7) is 0.152. The van der Waals surface area contributed by atoms with E-state index in [0.717, 1.165) is 22.3 Å². The second-order valence-corrected chi connectivity index (χ2v) is 15.9. The number of allylic oxidation sites excluding steroid dienone is 2. The van der Waals surface area contributed by atoms with E-state index in [1.807, 2.05) is 121 Å². The molecule has 6 aromatic rings. The molecule has 0 aliphatic heterocycles. The van der Waals surface area contributed by atoms with Crippen molar-refractivity contribution in [1.82, 2.24) is 0 Å². The summed E-state index contributed by atoms with van der Waals surface area (Å²) in [5, 5.41) is 0. The quantitative estimate of drug-likeness (QED) is 0.0245. The summed E-state index contributed by atoms with van der Waals surface area (Å²) < 4.78 is 33.5. The summed E-state index contributed by atoms with van der Waals surface area (Å²) in [5.41, 5.74) is 4.41. The number of hydrogen-bond donors (Lipinski definition) is 0. The lowest BCUT2D eigenvalue weighted by atomic mass is 9.96. The molecule has 0 amide bonds. The van der Waals surface area contributed by atoms with Gasteiger partial charge in [-0.05, 0) is 82.6 Å². The summed E-state index contributed by atoms with van der Waals surface area (Å²) in [5.74, 6) is -4.34. The Balaban J connectivity index is 1.02. The monoisotopic (exact) mass is 928 g/mol. The Labute approximate surface area is 401 Å². The second kappa shape index (κ2) is 26.1. The van der Waals surface area contributed by atoms with Crippen molar-refractivity contribution >= 4 is 47.6 Å². The minimum atomic E-state index is -0.852. The molecule has 352 valence electrons. The van der Waals surface area contributed by atoms with Gasteiger partial charge >= 0.3 is 23.9 Å². The molecule has 0 aliphatic carbocycles. The SMILES string of the molecule is COc1cc(/C=C/C(=O)CC(=O)/C=C/c2ccc(OC(=O)[C@@H](CC(=O)OCc3ccccc3)Cc3ccccc3)c(OC)c2)ccc1OC(=O)[C@@H](CC(=O)OCc1ccccc1)Cc1ccccc1. The Morgan fingerprint density at radius 3 is 1.13 bits per heavy atom. The zero-order chi connectivity index (χ0) is 48.8. The highest BCUT2D eigenvalue weighted by Crippen LogP contribution is 2.32. The normalized spacial score (nSPS) is 11.9. The Hall–Kier alpha value is -8.38. The maximum Gasteiger partial charge on any atom is 0.315 e. The minimum Gasteiger partial charge on any atom is -0.493 e. The summed E-state index contributed by atoms with van der Waals surface area (Å²) in [4.78, 5) is 78.6. The van der Waals surface area contributed by atoms with Crippen LogP contribution >= 0.6 is 0 Å². The number of carbonyl (C=O) groups is 6.